The fourth-order valence-electron chi connectivity index (χ4n) is 5.02. The van der Waals surface area contributed by atoms with Crippen LogP contribution in [0.5, 0.6) is 0 Å². The van der Waals surface area contributed by atoms with Gasteiger partial charge in [-0.15, -0.1) is 0 Å². The number of carbonyl (C=O) groups excluding carboxylic acids is 2. The van der Waals surface area contributed by atoms with E-state index in [0.717, 1.165) is 35.5 Å². The van der Waals surface area contributed by atoms with E-state index in [2.05, 4.69) is 24.1 Å². The van der Waals surface area contributed by atoms with Gasteiger partial charge in [-0.2, -0.15) is 0 Å². The van der Waals surface area contributed by atoms with E-state index < -0.39 is 17.5 Å². The van der Waals surface area contributed by atoms with Crippen LogP contribution in [0.4, 0.5) is 16.2 Å². The number of hydrogen-bond acceptors (Lipinski definition) is 4. The molecule has 8 nitrogen and oxygen atoms in total. The topological polar surface area (TPSA) is 116 Å². The number of nitrogens with one attached hydrogen (secondary N) is 1. The minimum Gasteiger partial charge on any atom is -0.465 e. The van der Waals surface area contributed by atoms with Crippen LogP contribution in [-0.2, 0) is 22.4 Å². The van der Waals surface area contributed by atoms with Gasteiger partial charge in [-0.3, -0.25) is 14.5 Å². The van der Waals surface area contributed by atoms with Crippen LogP contribution in [-0.4, -0.2) is 53.1 Å². The molecule has 0 fully saturated rings. The molecule has 1 aliphatic rings. The Bertz CT molecular complexity index is 1150. The molecule has 0 saturated heterocycles. The van der Waals surface area contributed by atoms with Crippen LogP contribution in [0.2, 0.25) is 0 Å². The number of amides is 3. The number of carboxylic acid groups (broad SMARTS) is 1. The van der Waals surface area contributed by atoms with Crippen molar-refractivity contribution < 1.29 is 19.5 Å². The molecule has 2 aromatic rings. The summed E-state index contributed by atoms with van der Waals surface area (Å²) >= 11 is 0. The molecule has 0 aliphatic heterocycles. The summed E-state index contributed by atoms with van der Waals surface area (Å²) in [6.07, 6.45) is 3.01. The van der Waals surface area contributed by atoms with Crippen LogP contribution in [0.1, 0.15) is 50.8 Å². The molecule has 1 atom stereocenters. The smallest absolute Gasteiger partial charge is 0.408 e. The van der Waals surface area contributed by atoms with E-state index in [1.807, 2.05) is 56.3 Å². The maximum absolute atomic E-state index is 13.9. The van der Waals surface area contributed by atoms with Crippen LogP contribution in [0, 0.1) is 5.92 Å². The van der Waals surface area contributed by atoms with Gasteiger partial charge >= 0.3 is 6.09 Å². The van der Waals surface area contributed by atoms with Crippen molar-refractivity contribution in [1.29, 1.82) is 0 Å². The maximum atomic E-state index is 13.9. The van der Waals surface area contributed by atoms with E-state index in [-0.39, 0.29) is 24.8 Å². The van der Waals surface area contributed by atoms with Crippen molar-refractivity contribution in [2.24, 2.45) is 11.7 Å². The molecule has 0 heterocycles. The van der Waals surface area contributed by atoms with E-state index in [0.29, 0.717) is 18.5 Å². The summed E-state index contributed by atoms with van der Waals surface area (Å²) in [6, 6.07) is 13.4. The predicted molar refractivity (Wildman–Crippen MR) is 148 cm³/mol. The van der Waals surface area contributed by atoms with Gasteiger partial charge in [-0.05, 0) is 79.6 Å². The number of primary amides is 1. The molecular formula is C29H38N4O4. The molecule has 0 radical (unpaired) electrons. The van der Waals surface area contributed by atoms with Crippen LogP contribution < -0.4 is 16.0 Å². The highest BCUT2D eigenvalue weighted by molar-refractivity contribution is 6.00. The van der Waals surface area contributed by atoms with Gasteiger partial charge in [0.05, 0.1) is 0 Å². The number of aryl methyl sites for hydroxylation is 1. The third-order valence-corrected chi connectivity index (χ3v) is 6.93. The van der Waals surface area contributed by atoms with Crippen molar-refractivity contribution in [1.82, 2.24) is 4.90 Å². The Kier molecular flexibility index (Phi) is 8.97. The first-order valence-corrected chi connectivity index (χ1v) is 12.9. The van der Waals surface area contributed by atoms with E-state index in [1.165, 1.54) is 11.0 Å². The average molecular weight is 507 g/mol. The zero-order valence-corrected chi connectivity index (χ0v) is 22.2. The van der Waals surface area contributed by atoms with E-state index in [4.69, 9.17) is 5.73 Å². The van der Waals surface area contributed by atoms with Crippen molar-refractivity contribution in [3.63, 3.8) is 0 Å². The Labute approximate surface area is 219 Å². The number of nitrogens with zero attached hydrogens (tertiary/aromatic N) is 2. The second-order valence-electron chi connectivity index (χ2n) is 9.93. The third-order valence-electron chi connectivity index (χ3n) is 6.93. The van der Waals surface area contributed by atoms with Gasteiger partial charge in [-0.25, -0.2) is 4.79 Å². The predicted octanol–water partition coefficient (Wildman–Crippen LogP) is 4.53. The van der Waals surface area contributed by atoms with Crippen molar-refractivity contribution in [3.05, 3.63) is 65.2 Å². The molecule has 4 N–H and O–H groups in total. The zero-order chi connectivity index (χ0) is 27.2. The molecule has 3 rings (SSSR count). The normalized spacial score (nSPS) is 16.9. The van der Waals surface area contributed by atoms with Crippen molar-refractivity contribution in [2.45, 2.75) is 52.5 Å². The molecule has 2 aromatic carbocycles. The number of hydrogen-bond donors (Lipinski definition) is 3. The quantitative estimate of drug-likeness (QED) is 0.409. The SMILES string of the molecule is CCN(CC)c1ccc(NC(=O)[C@]2(N(CC(C)C)C(=O)O)CCc3cc(/C=C/C(N)=O)ccc3C2)cc1. The Balaban J connectivity index is 1.95. The summed E-state index contributed by atoms with van der Waals surface area (Å²) in [6.45, 7) is 10.1. The first kappa shape index (κ1) is 27.8. The number of rotatable bonds is 10. The second-order valence-corrected chi connectivity index (χ2v) is 9.93. The van der Waals surface area contributed by atoms with E-state index in [9.17, 15) is 19.5 Å². The summed E-state index contributed by atoms with van der Waals surface area (Å²) in [7, 11) is 0. The highest BCUT2D eigenvalue weighted by atomic mass is 16.4. The number of fused-ring (bicyclic) bond motifs is 1. The standard InChI is InChI=1S/C29H38N4O4/c1-5-32(6-2)25-12-10-24(11-13-25)31-27(35)29(33(28(36)37)19-20(3)4)16-15-22-17-21(8-14-26(30)34)7-9-23(22)18-29/h7-14,17,20H,5-6,15-16,18-19H2,1-4H3,(H2,30,34)(H,31,35)(H,36,37)/b14-8+/t29-/m0/s1. The van der Waals surface area contributed by atoms with Gasteiger partial charge in [0.1, 0.15) is 5.54 Å². The van der Waals surface area contributed by atoms with Gasteiger partial charge in [0, 0.05) is 43.5 Å². The molecule has 8 heteroatoms. The lowest BCUT2D eigenvalue weighted by Gasteiger charge is -2.44. The van der Waals surface area contributed by atoms with Gasteiger partial charge in [0.2, 0.25) is 5.91 Å². The minimum atomic E-state index is -1.24. The number of nitrogens with two attached hydrogens (primary N) is 1. The summed E-state index contributed by atoms with van der Waals surface area (Å²) in [5, 5.41) is 13.2. The highest BCUT2D eigenvalue weighted by Crippen LogP contribution is 2.36. The van der Waals surface area contributed by atoms with Gasteiger partial charge in [-0.1, -0.05) is 32.0 Å². The van der Waals surface area contributed by atoms with Crippen LogP contribution in [0.25, 0.3) is 6.08 Å². The number of carbonyl (C=O) groups is 3. The number of benzene rings is 2. The molecule has 198 valence electrons. The largest absolute Gasteiger partial charge is 0.465 e. The monoisotopic (exact) mass is 506 g/mol. The van der Waals surface area contributed by atoms with E-state index >= 15 is 0 Å². The molecular weight excluding hydrogens is 468 g/mol. The van der Waals surface area contributed by atoms with E-state index in [1.54, 1.807) is 6.08 Å². The summed E-state index contributed by atoms with van der Waals surface area (Å²) < 4.78 is 0. The minimum absolute atomic E-state index is 0.0526. The van der Waals surface area contributed by atoms with Gasteiger partial charge < -0.3 is 21.1 Å². The van der Waals surface area contributed by atoms with Gasteiger partial charge in [0.25, 0.3) is 5.91 Å². The lowest BCUT2D eigenvalue weighted by Crippen LogP contribution is -2.62. The number of anilines is 2. The van der Waals surface area contributed by atoms with Crippen molar-refractivity contribution in [3.8, 4) is 0 Å². The Morgan fingerprint density at radius 2 is 1.76 bits per heavy atom. The molecule has 0 unspecified atom stereocenters. The van der Waals surface area contributed by atoms with Crippen LogP contribution in [0.3, 0.4) is 0 Å². The lowest BCUT2D eigenvalue weighted by atomic mass is 9.75. The summed E-state index contributed by atoms with van der Waals surface area (Å²) in [5.74, 6) is -0.796. The van der Waals surface area contributed by atoms with Crippen molar-refractivity contribution in [2.75, 3.05) is 29.9 Å². The molecule has 0 spiro atoms. The van der Waals surface area contributed by atoms with Crippen LogP contribution >= 0.6 is 0 Å². The molecule has 0 aromatic heterocycles. The molecule has 37 heavy (non-hydrogen) atoms. The highest BCUT2D eigenvalue weighted by Gasteiger charge is 2.48. The lowest BCUT2D eigenvalue weighted by molar-refractivity contribution is -0.128. The first-order chi connectivity index (χ1) is 17.6. The Morgan fingerprint density at radius 1 is 1.08 bits per heavy atom. The van der Waals surface area contributed by atoms with Crippen molar-refractivity contribution >= 4 is 35.4 Å². The molecule has 1 aliphatic carbocycles. The third kappa shape index (κ3) is 6.50. The average Bonchev–Trinajstić information content (AvgIpc) is 2.87. The Hall–Kier alpha value is -3.81. The fourth-order valence-corrected chi connectivity index (χ4v) is 5.02. The molecule has 0 saturated carbocycles. The first-order valence-electron chi connectivity index (χ1n) is 12.9. The summed E-state index contributed by atoms with van der Waals surface area (Å²) in [4.78, 5) is 41.0. The Morgan fingerprint density at radius 3 is 2.32 bits per heavy atom. The summed E-state index contributed by atoms with van der Waals surface area (Å²) in [5.41, 5.74) is 8.46. The maximum Gasteiger partial charge on any atom is 0.408 e. The molecule has 3 amide bonds. The fraction of sp³-hybridized carbons (Fsp3) is 0.414. The van der Waals surface area contributed by atoms with Crippen LogP contribution in [0.15, 0.2) is 48.5 Å². The zero-order valence-electron chi connectivity index (χ0n) is 22.2. The molecule has 0 bridgehead atoms. The van der Waals surface area contributed by atoms with Gasteiger partial charge in [0.15, 0.2) is 0 Å². The second kappa shape index (κ2) is 12.0.